The molecule has 0 spiro atoms. The normalized spacial score (nSPS) is 19.4. The van der Waals surface area contributed by atoms with Crippen molar-refractivity contribution in [3.63, 3.8) is 0 Å². The highest BCUT2D eigenvalue weighted by molar-refractivity contribution is 7.89. The fraction of sp³-hybridized carbons (Fsp3) is 0.739. The van der Waals surface area contributed by atoms with Crippen LogP contribution in [-0.4, -0.2) is 64.7 Å². The number of benzene rings is 1. The molecule has 4 rings (SSSR count). The summed E-state index contributed by atoms with van der Waals surface area (Å²) in [6, 6.07) is 6.45. The van der Waals surface area contributed by atoms with Crippen LogP contribution in [0, 0.1) is 0 Å². The summed E-state index contributed by atoms with van der Waals surface area (Å²) in [5.41, 5.74) is 1.97. The molecule has 3 fully saturated rings. The van der Waals surface area contributed by atoms with E-state index in [1.165, 1.54) is 44.9 Å². The second-order valence-corrected chi connectivity index (χ2v) is 11.1. The summed E-state index contributed by atoms with van der Waals surface area (Å²) in [5.74, 6) is 0. The maximum absolute atomic E-state index is 13.0. The van der Waals surface area contributed by atoms with Crippen LogP contribution in [0.15, 0.2) is 23.1 Å². The van der Waals surface area contributed by atoms with Gasteiger partial charge in [0.1, 0.15) is 0 Å². The first kappa shape index (κ1) is 34.8. The molecule has 12 heteroatoms. The summed E-state index contributed by atoms with van der Waals surface area (Å²) in [6.07, 6.45) is 11.0. The van der Waals surface area contributed by atoms with Gasteiger partial charge in [0.05, 0.1) is 16.3 Å². The van der Waals surface area contributed by atoms with Gasteiger partial charge in [-0.25, -0.2) is 13.1 Å². The molecule has 0 unspecified atom stereocenters. The van der Waals surface area contributed by atoms with Gasteiger partial charge in [-0.2, -0.15) is 0 Å². The van der Waals surface area contributed by atoms with Crippen LogP contribution in [0.5, 0.6) is 0 Å². The van der Waals surface area contributed by atoms with Gasteiger partial charge in [0.15, 0.2) is 0 Å². The van der Waals surface area contributed by atoms with Crippen LogP contribution in [0.4, 0.5) is 11.4 Å². The molecule has 0 radical (unpaired) electrons. The molecule has 1 heterocycles. The fourth-order valence-corrected chi connectivity index (χ4v) is 6.10. The van der Waals surface area contributed by atoms with E-state index in [2.05, 4.69) is 25.6 Å². The number of sulfonamides is 1. The van der Waals surface area contributed by atoms with E-state index in [0.29, 0.717) is 23.5 Å². The van der Waals surface area contributed by atoms with E-state index >= 15 is 0 Å². The quantitative estimate of drug-likeness (QED) is 0.333. The maximum Gasteiger partial charge on any atom is 0.240 e. The summed E-state index contributed by atoms with van der Waals surface area (Å²) in [5, 5.41) is 10.7. The average Bonchev–Trinajstić information content (AvgIpc) is 3.29. The number of piperazine rings is 1. The summed E-state index contributed by atoms with van der Waals surface area (Å²) in [4.78, 5) is 2.64. The lowest BCUT2D eigenvalue weighted by molar-refractivity contribution is 0.245. The van der Waals surface area contributed by atoms with Crippen molar-refractivity contribution in [3.05, 3.63) is 18.2 Å². The molecule has 1 saturated heterocycles. The van der Waals surface area contributed by atoms with Crippen LogP contribution in [0.2, 0.25) is 0 Å². The van der Waals surface area contributed by atoms with Crippen molar-refractivity contribution in [2.24, 2.45) is 0 Å². The highest BCUT2D eigenvalue weighted by Gasteiger charge is 2.22. The Morgan fingerprint density at radius 1 is 0.800 bits per heavy atom. The monoisotopic (exact) mass is 593 g/mol. The van der Waals surface area contributed by atoms with Crippen molar-refractivity contribution in [2.45, 2.75) is 74.8 Å². The molecule has 0 aromatic heterocycles. The zero-order chi connectivity index (χ0) is 21.5. The third-order valence-electron chi connectivity index (χ3n) is 6.91. The highest BCUT2D eigenvalue weighted by atomic mass is 35.5. The zero-order valence-electron chi connectivity index (χ0n) is 20.3. The van der Waals surface area contributed by atoms with E-state index in [4.69, 9.17) is 0 Å². The second kappa shape index (κ2) is 17.3. The average molecular weight is 596 g/mol. The van der Waals surface area contributed by atoms with Crippen molar-refractivity contribution < 1.29 is 8.42 Å². The largest absolute Gasteiger partial charge is 0.381 e. The van der Waals surface area contributed by atoms with Crippen LogP contribution in [-0.2, 0) is 10.0 Å². The van der Waals surface area contributed by atoms with Crippen LogP contribution >= 0.6 is 49.6 Å². The Morgan fingerprint density at radius 3 is 1.94 bits per heavy atom. The lowest BCUT2D eigenvalue weighted by atomic mass is 9.95. The summed E-state index contributed by atoms with van der Waals surface area (Å²) in [7, 11) is -3.53. The van der Waals surface area contributed by atoms with E-state index < -0.39 is 10.0 Å². The molecule has 4 N–H and O–H groups in total. The first-order valence-electron chi connectivity index (χ1n) is 12.2. The molecule has 0 bridgehead atoms. The smallest absolute Gasteiger partial charge is 0.240 e. The number of anilines is 2. The minimum absolute atomic E-state index is 0. The van der Waals surface area contributed by atoms with Crippen LogP contribution in [0.1, 0.15) is 57.8 Å². The highest BCUT2D eigenvalue weighted by Crippen LogP contribution is 2.32. The van der Waals surface area contributed by atoms with Gasteiger partial charge in [-0.05, 0) is 43.9 Å². The third-order valence-corrected chi connectivity index (χ3v) is 8.37. The Hall–Kier alpha value is -0.190. The van der Waals surface area contributed by atoms with Gasteiger partial charge in [-0.1, -0.05) is 32.1 Å². The molecule has 1 aliphatic heterocycles. The van der Waals surface area contributed by atoms with Gasteiger partial charge in [0.2, 0.25) is 10.0 Å². The van der Waals surface area contributed by atoms with Gasteiger partial charge in [-0.3, -0.25) is 4.90 Å². The van der Waals surface area contributed by atoms with Crippen LogP contribution < -0.4 is 20.7 Å². The molecule has 0 amide bonds. The molecule has 7 nitrogen and oxygen atoms in total. The van der Waals surface area contributed by atoms with Crippen LogP contribution in [0.25, 0.3) is 0 Å². The first-order chi connectivity index (χ1) is 15.1. The SMILES string of the molecule is Cl.Cl.Cl.Cl.O=S(=O)(NCCN1CCNCC1)c1ccc(NC2CCCCC2)c(NC2CCCC2)c1. The second-order valence-electron chi connectivity index (χ2n) is 9.30. The molecular weight excluding hydrogens is 552 g/mol. The van der Waals surface area contributed by atoms with Crippen molar-refractivity contribution in [1.82, 2.24) is 14.9 Å². The third kappa shape index (κ3) is 10.6. The predicted octanol–water partition coefficient (Wildman–Crippen LogP) is 4.66. The molecule has 2 saturated carbocycles. The number of nitrogens with zero attached hydrogens (tertiary/aromatic N) is 1. The number of rotatable bonds is 9. The minimum atomic E-state index is -3.53. The zero-order valence-corrected chi connectivity index (χ0v) is 24.4. The van der Waals surface area contributed by atoms with Gasteiger partial charge in [0.25, 0.3) is 0 Å². The Balaban J connectivity index is 0.00000289. The minimum Gasteiger partial charge on any atom is -0.381 e. The van der Waals surface area contributed by atoms with Crippen molar-refractivity contribution in [2.75, 3.05) is 49.9 Å². The van der Waals surface area contributed by atoms with Crippen LogP contribution in [0.3, 0.4) is 0 Å². The molecule has 1 aromatic rings. The standard InChI is InChI=1S/C23H39N5O2S.4ClH/c29-31(30,25-14-17-28-15-12-24-13-16-28)21-10-11-22(26-19-6-2-1-3-7-19)23(18-21)27-20-8-4-5-9-20;;;;/h10-11,18-20,24-27H,1-9,12-17H2;4*1H. The van der Waals surface area contributed by atoms with Gasteiger partial charge in [-0.15, -0.1) is 49.6 Å². The molecule has 2 aliphatic carbocycles. The number of nitrogens with one attached hydrogen (secondary N) is 4. The van der Waals surface area contributed by atoms with Crippen molar-refractivity contribution in [3.8, 4) is 0 Å². The van der Waals surface area contributed by atoms with E-state index in [9.17, 15) is 8.42 Å². The van der Waals surface area contributed by atoms with Gasteiger partial charge < -0.3 is 16.0 Å². The Kier molecular flexibility index (Phi) is 17.2. The fourth-order valence-electron chi connectivity index (χ4n) is 5.05. The van der Waals surface area contributed by atoms with E-state index in [-0.39, 0.29) is 49.6 Å². The molecule has 1 aromatic carbocycles. The molecule has 3 aliphatic rings. The Labute approximate surface area is 236 Å². The summed E-state index contributed by atoms with van der Waals surface area (Å²) < 4.78 is 28.8. The summed E-state index contributed by atoms with van der Waals surface area (Å²) in [6.45, 7) is 5.07. The Bertz CT molecular complexity index is 816. The van der Waals surface area contributed by atoms with E-state index in [1.807, 2.05) is 12.1 Å². The van der Waals surface area contributed by atoms with E-state index in [1.54, 1.807) is 6.07 Å². The molecule has 35 heavy (non-hydrogen) atoms. The lowest BCUT2D eigenvalue weighted by Gasteiger charge is -2.27. The number of halogens is 4. The predicted molar refractivity (Wildman–Crippen MR) is 156 cm³/mol. The topological polar surface area (TPSA) is 85.5 Å². The van der Waals surface area contributed by atoms with Crippen molar-refractivity contribution >= 4 is 71.0 Å². The van der Waals surface area contributed by atoms with E-state index in [0.717, 1.165) is 56.9 Å². The molecular formula is C23H43Cl4N5O2S. The molecule has 0 atom stereocenters. The molecule has 206 valence electrons. The van der Waals surface area contributed by atoms with Gasteiger partial charge in [0, 0.05) is 51.4 Å². The number of hydrogen-bond acceptors (Lipinski definition) is 6. The lowest BCUT2D eigenvalue weighted by Crippen LogP contribution is -2.46. The number of hydrogen-bond donors (Lipinski definition) is 4. The first-order valence-corrected chi connectivity index (χ1v) is 13.7. The summed E-state index contributed by atoms with van der Waals surface area (Å²) >= 11 is 0. The van der Waals surface area contributed by atoms with Gasteiger partial charge >= 0.3 is 0 Å². The Morgan fingerprint density at radius 2 is 1.34 bits per heavy atom. The maximum atomic E-state index is 13.0. The van der Waals surface area contributed by atoms with Crippen molar-refractivity contribution in [1.29, 1.82) is 0 Å².